The van der Waals surface area contributed by atoms with Gasteiger partial charge in [0.1, 0.15) is 4.64 Å². The van der Waals surface area contributed by atoms with E-state index in [0.29, 0.717) is 42.2 Å². The molecule has 1 rings (SSSR count). The third-order valence-corrected chi connectivity index (χ3v) is 4.48. The van der Waals surface area contributed by atoms with E-state index >= 15 is 0 Å². The van der Waals surface area contributed by atoms with Crippen LogP contribution >= 0.6 is 24.8 Å². The Morgan fingerprint density at radius 1 is 1.43 bits per heavy atom. The molecule has 0 aliphatic carbocycles. The largest absolute Gasteiger partial charge is 0.531 e. The normalized spacial score (nSPS) is 12.8. The zero-order valence-electron chi connectivity index (χ0n) is 16.4. The summed E-state index contributed by atoms with van der Waals surface area (Å²) in [6, 6.07) is 3.95. The van der Waals surface area contributed by atoms with Crippen molar-refractivity contribution in [2.24, 2.45) is 5.73 Å². The van der Waals surface area contributed by atoms with Crippen LogP contribution in [-0.4, -0.2) is 86.1 Å². The second kappa shape index (κ2) is 13.5. The number of allylic oxidation sites excluding steroid dienone is 2. The molecule has 12 heteroatoms. The molecule has 0 unspecified atom stereocenters. The van der Waals surface area contributed by atoms with E-state index in [4.69, 9.17) is 18.0 Å². The fourth-order valence-corrected chi connectivity index (χ4v) is 2.68. The van der Waals surface area contributed by atoms with Gasteiger partial charge in [-0.15, -0.1) is 0 Å². The number of hydroxylamine groups is 1. The van der Waals surface area contributed by atoms with E-state index < -0.39 is 6.03 Å². The van der Waals surface area contributed by atoms with Gasteiger partial charge in [-0.1, -0.05) is 49.6 Å². The van der Waals surface area contributed by atoms with E-state index in [1.54, 1.807) is 6.07 Å². The number of amides is 2. The number of urea groups is 1. The molecule has 30 heavy (non-hydrogen) atoms. The Morgan fingerprint density at radius 3 is 2.83 bits per heavy atom. The molecule has 0 bridgehead atoms. The van der Waals surface area contributed by atoms with Gasteiger partial charge in [0.15, 0.2) is 12.2 Å². The molecule has 0 aromatic carbocycles. The van der Waals surface area contributed by atoms with E-state index in [1.165, 1.54) is 30.4 Å². The third-order valence-electron chi connectivity index (χ3n) is 3.83. The summed E-state index contributed by atoms with van der Waals surface area (Å²) in [4.78, 5) is 16.7. The Morgan fingerprint density at radius 2 is 2.17 bits per heavy atom. The van der Waals surface area contributed by atoms with Crippen molar-refractivity contribution < 1.29 is 30.0 Å². The zero-order valence-corrected chi connectivity index (χ0v) is 18.1. The summed E-state index contributed by atoms with van der Waals surface area (Å²) in [6.07, 6.45) is 4.44. The van der Waals surface area contributed by atoms with Crippen molar-refractivity contribution in [3.63, 3.8) is 0 Å². The number of hydrogen-bond acceptors (Lipinski definition) is 6. The van der Waals surface area contributed by atoms with Crippen LogP contribution in [0, 0.1) is 4.64 Å². The number of hydrogen-bond donors (Lipinski definition) is 7. The fourth-order valence-electron chi connectivity index (χ4n) is 2.33. The minimum atomic E-state index is -0.721. The number of rotatable bonds is 11. The van der Waals surface area contributed by atoms with Crippen molar-refractivity contribution in [3.8, 4) is 0 Å². The van der Waals surface area contributed by atoms with Crippen LogP contribution in [0.25, 0.3) is 0 Å². The van der Waals surface area contributed by atoms with Crippen molar-refractivity contribution in [2.45, 2.75) is 0 Å². The number of aliphatic hydroxyl groups excluding tert-OH is 1. The van der Waals surface area contributed by atoms with Crippen LogP contribution in [0.2, 0.25) is 0 Å². The Balaban J connectivity index is 2.59. The highest BCUT2D eigenvalue weighted by Crippen LogP contribution is 1.98. The van der Waals surface area contributed by atoms with Gasteiger partial charge < -0.3 is 21.3 Å². The lowest BCUT2D eigenvalue weighted by molar-refractivity contribution is -0.697. The number of nitrogens with zero attached hydrogens (tertiary/aromatic N) is 3. The molecule has 164 valence electrons. The van der Waals surface area contributed by atoms with Crippen LogP contribution in [0.5, 0.6) is 0 Å². The average molecular weight is 457 g/mol. The van der Waals surface area contributed by atoms with Crippen LogP contribution < -0.4 is 16.0 Å². The lowest BCUT2D eigenvalue weighted by Gasteiger charge is -2.18. The molecule has 1 aromatic heterocycles. The summed E-state index contributed by atoms with van der Waals surface area (Å²) in [5.74, 6) is -0.217. The van der Waals surface area contributed by atoms with Crippen molar-refractivity contribution in [3.05, 3.63) is 53.3 Å². The first-order valence-electron chi connectivity index (χ1n) is 9.07. The van der Waals surface area contributed by atoms with Gasteiger partial charge in [0.2, 0.25) is 5.04 Å². The predicted molar refractivity (Wildman–Crippen MR) is 119 cm³/mol. The number of pyridine rings is 1. The lowest BCUT2D eigenvalue weighted by atomic mass is 10.3. The van der Waals surface area contributed by atoms with E-state index in [2.05, 4.69) is 29.5 Å². The van der Waals surface area contributed by atoms with Gasteiger partial charge in [0.25, 0.3) is 0 Å². The van der Waals surface area contributed by atoms with E-state index in [9.17, 15) is 20.3 Å². The maximum Gasteiger partial charge on any atom is 0.531 e. The molecule has 1 aromatic rings. The number of thiol groups is 1. The topological polar surface area (TPSA) is 141 Å². The number of nitrogens with one attached hydrogen (secondary N) is 2. The van der Waals surface area contributed by atoms with Crippen molar-refractivity contribution >= 4 is 41.8 Å². The minimum Gasteiger partial charge on any atom is -0.459 e. The van der Waals surface area contributed by atoms with Gasteiger partial charge in [-0.25, -0.2) is 10.3 Å². The first kappa shape index (κ1) is 25.4. The molecule has 0 radical (unpaired) electrons. The highest BCUT2D eigenvalue weighted by atomic mass is 32.1. The summed E-state index contributed by atoms with van der Waals surface area (Å²) in [6.45, 7) is 6.05. The molecule has 0 aliphatic rings. The molecule has 7 N–H and O–H groups in total. The molecule has 0 fully saturated rings. The first-order chi connectivity index (χ1) is 14.3. The minimum absolute atomic E-state index is 0.0469. The van der Waals surface area contributed by atoms with Crippen molar-refractivity contribution in [2.75, 3.05) is 39.3 Å². The van der Waals surface area contributed by atoms with Crippen molar-refractivity contribution in [1.82, 2.24) is 14.9 Å². The maximum atomic E-state index is 11.9. The quantitative estimate of drug-likeness (QED) is 0.0223. The molecule has 0 saturated heterocycles. The number of nitrogens with two attached hydrogens (primary N) is 1. The van der Waals surface area contributed by atoms with Crippen molar-refractivity contribution in [1.29, 1.82) is 0 Å². The Kier molecular flexibility index (Phi) is 11.4. The number of aromatic nitrogens is 1. The van der Waals surface area contributed by atoms with Gasteiger partial charge in [-0.2, -0.15) is 9.52 Å². The van der Waals surface area contributed by atoms with E-state index in [0.717, 1.165) is 0 Å². The van der Waals surface area contributed by atoms with Crippen LogP contribution in [0.3, 0.4) is 0 Å². The first-order valence-corrected chi connectivity index (χ1v) is 9.93. The molecule has 0 aliphatic heterocycles. The average Bonchev–Trinajstić information content (AvgIpc) is 2.73. The number of carbonyl (C=O) groups excluding carboxylic acids is 1. The molecule has 10 nitrogen and oxygen atoms in total. The van der Waals surface area contributed by atoms with Gasteiger partial charge in [-0.05, 0) is 22.9 Å². The van der Waals surface area contributed by atoms with Gasteiger partial charge >= 0.3 is 11.9 Å². The maximum absolute atomic E-state index is 11.9. The van der Waals surface area contributed by atoms with E-state index in [1.807, 2.05) is 4.90 Å². The highest BCUT2D eigenvalue weighted by Gasteiger charge is 2.18. The van der Waals surface area contributed by atoms with E-state index in [-0.39, 0.29) is 27.8 Å². The summed E-state index contributed by atoms with van der Waals surface area (Å²) in [7, 11) is 0. The second-order valence-electron chi connectivity index (χ2n) is 5.96. The smallest absolute Gasteiger partial charge is 0.459 e. The highest BCUT2D eigenvalue weighted by molar-refractivity contribution is 7.97. The molecule has 1 heterocycles. The summed E-state index contributed by atoms with van der Waals surface area (Å²) in [5.41, 5.74) is 5.77. The molecule has 0 spiro atoms. The summed E-state index contributed by atoms with van der Waals surface area (Å²) in [5, 5.41) is 32.3. The molecule has 0 saturated carbocycles. The summed E-state index contributed by atoms with van der Waals surface area (Å²) < 4.78 is 1.27. The monoisotopic (exact) mass is 456 g/mol. The Bertz CT molecular complexity index is 882. The zero-order chi connectivity index (χ0) is 22.5. The Labute approximate surface area is 185 Å². The Hall–Kier alpha value is -2.67. The van der Waals surface area contributed by atoms with Crippen LogP contribution in [0.15, 0.2) is 43.0 Å². The third kappa shape index (κ3) is 8.37. The van der Waals surface area contributed by atoms with Crippen LogP contribution in [0.4, 0.5) is 4.79 Å². The summed E-state index contributed by atoms with van der Waals surface area (Å²) >= 11 is 8.95. The fraction of sp³-hybridized carbons (Fsp3) is 0.333. The molecular weight excluding hydrogens is 428 g/mol. The second-order valence-corrected chi connectivity index (χ2v) is 6.84. The molecule has 2 amide bonds. The molecular formula is C18H28N6O4S2+2. The number of carbonyl (C=O) groups is 1. The van der Waals surface area contributed by atoms with Gasteiger partial charge in [0.05, 0.1) is 13.1 Å². The SMILES string of the molecule is C=C/C=C\C(S)=[N+](\O)C(=O)NCCN(CCN)CC[NH+]=C(O)c1cccc(=S)n1O. The van der Waals surface area contributed by atoms with Gasteiger partial charge in [0, 0.05) is 19.6 Å². The lowest BCUT2D eigenvalue weighted by Crippen LogP contribution is -2.75. The van der Waals surface area contributed by atoms with Crippen LogP contribution in [-0.2, 0) is 0 Å². The number of aliphatic hydroxyl groups is 1. The van der Waals surface area contributed by atoms with Gasteiger partial charge in [-0.3, -0.25) is 4.90 Å². The standard InChI is InChI=1S/C18H26N6O4S2/c1-2-3-6-16(30)24(28)18(26)21-10-13-22(11-8-19)12-9-20-17(25)14-5-4-7-15(29)23(14)27/h2-7,27-28H,1,8-13,19H2,(H2,20,21,25,26)/p+2/b6-3-. The van der Waals surface area contributed by atoms with Crippen LogP contribution in [0.1, 0.15) is 5.69 Å². The molecule has 0 atom stereocenters. The predicted octanol–water partition coefficient (Wildman–Crippen LogP) is -0.717.